The summed E-state index contributed by atoms with van der Waals surface area (Å²) in [4.78, 5) is 0. The number of methoxy groups -OCH3 is 1. The van der Waals surface area contributed by atoms with E-state index in [0.29, 0.717) is 5.02 Å². The minimum atomic E-state index is 0.639. The van der Waals surface area contributed by atoms with Gasteiger partial charge in [-0.25, -0.2) is 0 Å². The Balaban J connectivity index is 2.47. The van der Waals surface area contributed by atoms with Gasteiger partial charge in [-0.2, -0.15) is 0 Å². The molecule has 0 aliphatic heterocycles. The van der Waals surface area contributed by atoms with Crippen molar-refractivity contribution in [2.45, 2.75) is 0 Å². The molecule has 1 N–H and O–H groups in total. The van der Waals surface area contributed by atoms with Crippen molar-refractivity contribution in [3.63, 3.8) is 0 Å². The van der Waals surface area contributed by atoms with Crippen LogP contribution in [0.3, 0.4) is 0 Å². The fraction of sp³-hybridized carbons (Fsp3) is 0.167. The van der Waals surface area contributed by atoms with E-state index in [1.165, 1.54) is 0 Å². The molecule has 0 atom stereocenters. The van der Waals surface area contributed by atoms with Crippen molar-refractivity contribution in [1.82, 2.24) is 10.2 Å². The molecular formula is C12H12ClN3O. The zero-order valence-corrected chi connectivity index (χ0v) is 10.3. The maximum atomic E-state index is 5.97. The quantitative estimate of drug-likeness (QED) is 0.909. The standard InChI is InChI=1S/C12H12ClN3O/c1-14-12-6-4-10(15-16-12)9-7-8(13)3-5-11(9)17-2/h3-7H,1-2H3,(H,14,16). The molecule has 0 bridgehead atoms. The van der Waals surface area contributed by atoms with Gasteiger partial charge in [0.1, 0.15) is 11.6 Å². The molecule has 0 amide bonds. The largest absolute Gasteiger partial charge is 0.496 e. The van der Waals surface area contributed by atoms with Crippen LogP contribution in [-0.4, -0.2) is 24.4 Å². The molecule has 1 aromatic carbocycles. The van der Waals surface area contributed by atoms with Gasteiger partial charge in [0.2, 0.25) is 0 Å². The average Bonchev–Trinajstić information content (AvgIpc) is 2.39. The van der Waals surface area contributed by atoms with Crippen LogP contribution in [0.2, 0.25) is 5.02 Å². The molecule has 2 aromatic rings. The van der Waals surface area contributed by atoms with E-state index in [0.717, 1.165) is 22.8 Å². The molecule has 1 heterocycles. The molecule has 0 saturated carbocycles. The van der Waals surface area contributed by atoms with Gasteiger partial charge in [-0.15, -0.1) is 10.2 Å². The highest BCUT2D eigenvalue weighted by atomic mass is 35.5. The molecule has 17 heavy (non-hydrogen) atoms. The lowest BCUT2D eigenvalue weighted by Crippen LogP contribution is -1.96. The third-order valence-corrected chi connectivity index (χ3v) is 2.59. The highest BCUT2D eigenvalue weighted by Crippen LogP contribution is 2.31. The highest BCUT2D eigenvalue weighted by molar-refractivity contribution is 6.30. The molecule has 0 aliphatic carbocycles. The number of halogens is 1. The maximum absolute atomic E-state index is 5.97. The average molecular weight is 250 g/mol. The Hall–Kier alpha value is -1.81. The molecule has 0 aliphatic rings. The van der Waals surface area contributed by atoms with Gasteiger partial charge in [0.05, 0.1) is 12.8 Å². The van der Waals surface area contributed by atoms with Crippen LogP contribution in [0.4, 0.5) is 5.82 Å². The van der Waals surface area contributed by atoms with Crippen molar-refractivity contribution < 1.29 is 4.74 Å². The van der Waals surface area contributed by atoms with Crippen LogP contribution in [0.25, 0.3) is 11.3 Å². The number of nitrogens with zero attached hydrogens (tertiary/aromatic N) is 2. The number of aromatic nitrogens is 2. The van der Waals surface area contributed by atoms with Crippen molar-refractivity contribution in [1.29, 1.82) is 0 Å². The van der Waals surface area contributed by atoms with Crippen molar-refractivity contribution in [3.05, 3.63) is 35.4 Å². The Morgan fingerprint density at radius 3 is 2.59 bits per heavy atom. The second kappa shape index (κ2) is 5.01. The van der Waals surface area contributed by atoms with Crippen molar-refractivity contribution in [3.8, 4) is 17.0 Å². The summed E-state index contributed by atoms with van der Waals surface area (Å²) in [6.45, 7) is 0. The zero-order valence-electron chi connectivity index (χ0n) is 9.57. The molecule has 0 spiro atoms. The first kappa shape index (κ1) is 11.7. The van der Waals surface area contributed by atoms with Gasteiger partial charge < -0.3 is 10.1 Å². The van der Waals surface area contributed by atoms with E-state index in [2.05, 4.69) is 15.5 Å². The number of anilines is 1. The van der Waals surface area contributed by atoms with Crippen molar-refractivity contribution in [2.24, 2.45) is 0 Å². The van der Waals surface area contributed by atoms with Crippen LogP contribution >= 0.6 is 11.6 Å². The van der Waals surface area contributed by atoms with Crippen LogP contribution < -0.4 is 10.1 Å². The Labute approximate surface area is 105 Å². The lowest BCUT2D eigenvalue weighted by atomic mass is 10.1. The fourth-order valence-corrected chi connectivity index (χ4v) is 1.66. The van der Waals surface area contributed by atoms with Gasteiger partial charge in [-0.1, -0.05) is 11.6 Å². The Morgan fingerprint density at radius 2 is 2.00 bits per heavy atom. The Bertz CT molecular complexity index is 514. The van der Waals surface area contributed by atoms with Gasteiger partial charge in [0, 0.05) is 17.6 Å². The normalized spacial score (nSPS) is 10.1. The van der Waals surface area contributed by atoms with Crippen LogP contribution in [0.1, 0.15) is 0 Å². The number of benzene rings is 1. The molecular weight excluding hydrogens is 238 g/mol. The minimum absolute atomic E-state index is 0.639. The topological polar surface area (TPSA) is 47.0 Å². The monoisotopic (exact) mass is 249 g/mol. The summed E-state index contributed by atoms with van der Waals surface area (Å²) in [5, 5.41) is 11.7. The van der Waals surface area contributed by atoms with Gasteiger partial charge in [0.25, 0.3) is 0 Å². The van der Waals surface area contributed by atoms with Crippen LogP contribution in [0, 0.1) is 0 Å². The van der Waals surface area contributed by atoms with E-state index in [4.69, 9.17) is 16.3 Å². The lowest BCUT2D eigenvalue weighted by molar-refractivity contribution is 0.416. The van der Waals surface area contributed by atoms with E-state index < -0.39 is 0 Å². The smallest absolute Gasteiger partial charge is 0.148 e. The SMILES string of the molecule is CNc1ccc(-c2cc(Cl)ccc2OC)nn1. The number of ether oxygens (including phenoxy) is 1. The number of hydrogen-bond donors (Lipinski definition) is 1. The number of nitrogens with one attached hydrogen (secondary N) is 1. The molecule has 4 nitrogen and oxygen atoms in total. The third kappa shape index (κ3) is 2.47. The molecule has 0 saturated heterocycles. The minimum Gasteiger partial charge on any atom is -0.496 e. The van der Waals surface area contributed by atoms with E-state index >= 15 is 0 Å². The second-order valence-corrected chi connectivity index (χ2v) is 3.83. The molecule has 0 radical (unpaired) electrons. The third-order valence-electron chi connectivity index (χ3n) is 2.36. The van der Waals surface area contributed by atoms with E-state index in [-0.39, 0.29) is 0 Å². The van der Waals surface area contributed by atoms with Gasteiger partial charge in [0.15, 0.2) is 0 Å². The predicted molar refractivity (Wildman–Crippen MR) is 68.6 cm³/mol. The Kier molecular flexibility index (Phi) is 3.44. The summed E-state index contributed by atoms with van der Waals surface area (Å²) in [5.41, 5.74) is 1.55. The van der Waals surface area contributed by atoms with Crippen LogP contribution in [0.5, 0.6) is 5.75 Å². The van der Waals surface area contributed by atoms with Gasteiger partial charge in [-0.05, 0) is 30.3 Å². The highest BCUT2D eigenvalue weighted by Gasteiger charge is 2.08. The second-order valence-electron chi connectivity index (χ2n) is 3.40. The molecule has 0 unspecified atom stereocenters. The van der Waals surface area contributed by atoms with E-state index in [1.807, 2.05) is 24.3 Å². The molecule has 1 aromatic heterocycles. The van der Waals surface area contributed by atoms with Crippen LogP contribution in [0.15, 0.2) is 30.3 Å². The summed E-state index contributed by atoms with van der Waals surface area (Å²) in [7, 11) is 3.41. The maximum Gasteiger partial charge on any atom is 0.148 e. The summed E-state index contributed by atoms with van der Waals surface area (Å²) < 4.78 is 5.27. The van der Waals surface area contributed by atoms with Crippen molar-refractivity contribution in [2.75, 3.05) is 19.5 Å². The first-order chi connectivity index (χ1) is 8.24. The van der Waals surface area contributed by atoms with Gasteiger partial charge >= 0.3 is 0 Å². The lowest BCUT2D eigenvalue weighted by Gasteiger charge is -2.08. The summed E-state index contributed by atoms with van der Waals surface area (Å²) in [5.74, 6) is 1.44. The van der Waals surface area contributed by atoms with Crippen molar-refractivity contribution >= 4 is 17.4 Å². The predicted octanol–water partition coefficient (Wildman–Crippen LogP) is 2.85. The van der Waals surface area contributed by atoms with E-state index in [1.54, 1.807) is 20.2 Å². The fourth-order valence-electron chi connectivity index (χ4n) is 1.49. The zero-order chi connectivity index (χ0) is 12.3. The molecule has 88 valence electrons. The van der Waals surface area contributed by atoms with Gasteiger partial charge in [-0.3, -0.25) is 0 Å². The molecule has 5 heteroatoms. The number of rotatable bonds is 3. The summed E-state index contributed by atoms with van der Waals surface area (Å²) >= 11 is 5.97. The first-order valence-corrected chi connectivity index (χ1v) is 5.48. The summed E-state index contributed by atoms with van der Waals surface area (Å²) in [6.07, 6.45) is 0. The number of hydrogen-bond acceptors (Lipinski definition) is 4. The first-order valence-electron chi connectivity index (χ1n) is 5.10. The van der Waals surface area contributed by atoms with E-state index in [9.17, 15) is 0 Å². The molecule has 0 fully saturated rings. The summed E-state index contributed by atoms with van der Waals surface area (Å²) in [6, 6.07) is 9.11. The molecule has 2 rings (SSSR count). The Morgan fingerprint density at radius 1 is 1.18 bits per heavy atom. The van der Waals surface area contributed by atoms with Crippen LogP contribution in [-0.2, 0) is 0 Å².